The zero-order valence-electron chi connectivity index (χ0n) is 18.5. The number of benzene rings is 1. The SMILES string of the molecule is CCN(c1cc(F)cc(C(=O)O)c1C)C1CC(C)N(C(=O)OC(C)(C)C)[C@H](C)C1. The predicted octanol–water partition coefficient (Wildman–Crippen LogP) is 4.84. The minimum Gasteiger partial charge on any atom is -0.478 e. The molecule has 7 heteroatoms. The molecule has 0 aromatic heterocycles. The number of ether oxygens (including phenoxy) is 1. The smallest absolute Gasteiger partial charge is 0.410 e. The van der Waals surface area contributed by atoms with Crippen LogP contribution in [0.2, 0.25) is 0 Å². The number of carbonyl (C=O) groups is 2. The van der Waals surface area contributed by atoms with Crippen LogP contribution in [-0.4, -0.2) is 52.3 Å². The van der Waals surface area contributed by atoms with Gasteiger partial charge < -0.3 is 19.6 Å². The number of halogens is 1. The first-order valence-corrected chi connectivity index (χ1v) is 10.2. The molecule has 2 rings (SSSR count). The van der Waals surface area contributed by atoms with Crippen molar-refractivity contribution in [3.8, 4) is 0 Å². The highest BCUT2D eigenvalue weighted by Crippen LogP contribution is 2.34. The molecule has 29 heavy (non-hydrogen) atoms. The van der Waals surface area contributed by atoms with E-state index in [4.69, 9.17) is 4.74 Å². The first-order valence-electron chi connectivity index (χ1n) is 10.2. The van der Waals surface area contributed by atoms with Crippen molar-refractivity contribution in [2.45, 2.75) is 85.0 Å². The van der Waals surface area contributed by atoms with Gasteiger partial charge in [0.25, 0.3) is 0 Å². The third-order valence-corrected chi connectivity index (χ3v) is 5.45. The van der Waals surface area contributed by atoms with Crippen LogP contribution in [0.3, 0.4) is 0 Å². The number of likely N-dealkylation sites (tertiary alicyclic amines) is 1. The van der Waals surface area contributed by atoms with Crippen molar-refractivity contribution in [3.05, 3.63) is 29.1 Å². The van der Waals surface area contributed by atoms with Crippen LogP contribution in [0.1, 0.15) is 70.3 Å². The molecule has 3 atom stereocenters. The molecule has 1 N–H and O–H groups in total. The summed E-state index contributed by atoms with van der Waals surface area (Å²) in [7, 11) is 0. The Bertz CT molecular complexity index is 763. The van der Waals surface area contributed by atoms with Crippen molar-refractivity contribution < 1.29 is 23.8 Å². The number of carboxylic acid groups (broad SMARTS) is 1. The second-order valence-corrected chi connectivity index (χ2v) is 8.90. The average molecular weight is 409 g/mol. The minimum atomic E-state index is -1.14. The van der Waals surface area contributed by atoms with E-state index in [9.17, 15) is 19.1 Å². The van der Waals surface area contributed by atoms with Gasteiger partial charge in [-0.15, -0.1) is 0 Å². The number of amides is 1. The first-order chi connectivity index (χ1) is 13.4. The molecule has 1 aromatic rings. The van der Waals surface area contributed by atoms with Crippen LogP contribution in [0, 0.1) is 12.7 Å². The van der Waals surface area contributed by atoms with Crippen LogP contribution in [0.15, 0.2) is 12.1 Å². The lowest BCUT2D eigenvalue weighted by atomic mass is 9.91. The third-order valence-electron chi connectivity index (χ3n) is 5.45. The van der Waals surface area contributed by atoms with E-state index in [-0.39, 0.29) is 29.8 Å². The van der Waals surface area contributed by atoms with Gasteiger partial charge in [0.2, 0.25) is 0 Å². The van der Waals surface area contributed by atoms with Crippen molar-refractivity contribution in [3.63, 3.8) is 0 Å². The average Bonchev–Trinajstić information content (AvgIpc) is 2.55. The highest BCUT2D eigenvalue weighted by atomic mass is 19.1. The standard InChI is InChI=1S/C22H33FN2O4/c1-8-24(19-12-16(23)11-18(15(19)4)20(26)27)17-9-13(2)25(14(3)10-17)21(28)29-22(5,6)7/h11-14,17H,8-10H2,1-7H3,(H,26,27)/t13-,14?,17?/m1/s1. The van der Waals surface area contributed by atoms with Crippen molar-refractivity contribution in [2.75, 3.05) is 11.4 Å². The first kappa shape index (κ1) is 23.0. The van der Waals surface area contributed by atoms with E-state index in [1.54, 1.807) is 11.8 Å². The fraction of sp³-hybridized carbons (Fsp3) is 0.636. The summed E-state index contributed by atoms with van der Waals surface area (Å²) in [5.74, 6) is -1.70. The molecule has 0 aliphatic carbocycles. The predicted molar refractivity (Wildman–Crippen MR) is 111 cm³/mol. The molecule has 1 aliphatic rings. The Morgan fingerprint density at radius 1 is 1.24 bits per heavy atom. The van der Waals surface area contributed by atoms with E-state index in [1.165, 1.54) is 6.07 Å². The monoisotopic (exact) mass is 408 g/mol. The van der Waals surface area contributed by atoms with Crippen molar-refractivity contribution >= 4 is 17.7 Å². The van der Waals surface area contributed by atoms with E-state index in [1.807, 2.05) is 41.5 Å². The normalized spacial score (nSPS) is 22.3. The zero-order chi connectivity index (χ0) is 22.1. The molecule has 0 bridgehead atoms. The lowest BCUT2D eigenvalue weighted by Crippen LogP contribution is -2.56. The zero-order valence-corrected chi connectivity index (χ0v) is 18.5. The molecular weight excluding hydrogens is 375 g/mol. The van der Waals surface area contributed by atoms with Gasteiger partial charge in [0.05, 0.1) is 5.56 Å². The van der Waals surface area contributed by atoms with E-state index in [0.29, 0.717) is 30.6 Å². The number of carbonyl (C=O) groups excluding carboxylic acids is 1. The van der Waals surface area contributed by atoms with Crippen LogP contribution >= 0.6 is 0 Å². The van der Waals surface area contributed by atoms with Gasteiger partial charge in [-0.25, -0.2) is 14.0 Å². The third kappa shape index (κ3) is 5.19. The summed E-state index contributed by atoms with van der Waals surface area (Å²) >= 11 is 0. The van der Waals surface area contributed by atoms with Crippen LogP contribution in [0.25, 0.3) is 0 Å². The van der Waals surface area contributed by atoms with Crippen molar-refractivity contribution in [2.24, 2.45) is 0 Å². The number of piperidine rings is 1. The van der Waals surface area contributed by atoms with E-state index in [2.05, 4.69) is 4.90 Å². The van der Waals surface area contributed by atoms with Crippen LogP contribution in [0.4, 0.5) is 14.9 Å². The Labute approximate surface area is 172 Å². The summed E-state index contributed by atoms with van der Waals surface area (Å²) < 4.78 is 19.7. The summed E-state index contributed by atoms with van der Waals surface area (Å²) in [5, 5.41) is 9.41. The van der Waals surface area contributed by atoms with Gasteiger partial charge in [-0.1, -0.05) is 0 Å². The molecule has 2 unspecified atom stereocenters. The molecule has 6 nitrogen and oxygen atoms in total. The molecule has 1 fully saturated rings. The van der Waals surface area contributed by atoms with Crippen molar-refractivity contribution in [1.82, 2.24) is 4.90 Å². The van der Waals surface area contributed by atoms with Crippen molar-refractivity contribution in [1.29, 1.82) is 0 Å². The summed E-state index contributed by atoms with van der Waals surface area (Å²) in [5.41, 5.74) is 0.566. The Hall–Kier alpha value is -2.31. The maximum absolute atomic E-state index is 14.2. The summed E-state index contributed by atoms with van der Waals surface area (Å²) in [6.45, 7) is 13.8. The number of hydrogen-bond acceptors (Lipinski definition) is 4. The Morgan fingerprint density at radius 3 is 2.24 bits per heavy atom. The van der Waals surface area contributed by atoms with Gasteiger partial charge in [-0.3, -0.25) is 0 Å². The number of anilines is 1. The molecular formula is C22H33FN2O4. The largest absolute Gasteiger partial charge is 0.478 e. The highest BCUT2D eigenvalue weighted by Gasteiger charge is 2.38. The van der Waals surface area contributed by atoms with Crippen LogP contribution in [0.5, 0.6) is 0 Å². The fourth-order valence-electron chi connectivity index (χ4n) is 4.28. The van der Waals surface area contributed by atoms with Gasteiger partial charge in [-0.2, -0.15) is 0 Å². The molecule has 162 valence electrons. The molecule has 1 saturated heterocycles. The molecule has 0 radical (unpaired) electrons. The Morgan fingerprint density at radius 2 is 1.79 bits per heavy atom. The van der Waals surface area contributed by atoms with Gasteiger partial charge in [0, 0.05) is 30.4 Å². The lowest BCUT2D eigenvalue weighted by molar-refractivity contribution is -0.00252. The molecule has 0 spiro atoms. The number of rotatable bonds is 4. The lowest BCUT2D eigenvalue weighted by Gasteiger charge is -2.47. The molecule has 1 aliphatic heterocycles. The second-order valence-electron chi connectivity index (χ2n) is 8.90. The van der Waals surface area contributed by atoms with Gasteiger partial charge in [0.15, 0.2) is 0 Å². The maximum Gasteiger partial charge on any atom is 0.410 e. The summed E-state index contributed by atoms with van der Waals surface area (Å²) in [6, 6.07) is 2.42. The van der Waals surface area contributed by atoms with Gasteiger partial charge in [-0.05, 0) is 79.0 Å². The fourth-order valence-corrected chi connectivity index (χ4v) is 4.28. The Balaban J connectivity index is 2.30. The molecule has 1 heterocycles. The summed E-state index contributed by atoms with van der Waals surface area (Å²) in [4.78, 5) is 28.0. The van der Waals surface area contributed by atoms with Crippen LogP contribution < -0.4 is 4.90 Å². The number of hydrogen-bond donors (Lipinski definition) is 1. The highest BCUT2D eigenvalue weighted by molar-refractivity contribution is 5.91. The molecule has 1 amide bonds. The van der Waals surface area contributed by atoms with E-state index < -0.39 is 17.4 Å². The number of aromatic carboxylic acids is 1. The second kappa shape index (κ2) is 8.59. The van der Waals surface area contributed by atoms with Gasteiger partial charge in [0.1, 0.15) is 11.4 Å². The quantitative estimate of drug-likeness (QED) is 0.772. The Kier molecular flexibility index (Phi) is 6.81. The molecule has 0 saturated carbocycles. The molecule has 1 aromatic carbocycles. The summed E-state index contributed by atoms with van der Waals surface area (Å²) in [6.07, 6.45) is 1.06. The number of nitrogens with zero attached hydrogens (tertiary/aromatic N) is 2. The number of carboxylic acids is 1. The van der Waals surface area contributed by atoms with Gasteiger partial charge >= 0.3 is 12.1 Å². The maximum atomic E-state index is 14.2. The minimum absolute atomic E-state index is 0.0225. The van der Waals surface area contributed by atoms with E-state index in [0.717, 1.165) is 6.07 Å². The topological polar surface area (TPSA) is 70.1 Å². The van der Waals surface area contributed by atoms with E-state index >= 15 is 0 Å². The van der Waals surface area contributed by atoms with Crippen LogP contribution in [-0.2, 0) is 4.74 Å².